The van der Waals surface area contributed by atoms with Gasteiger partial charge in [0.15, 0.2) is 11.9 Å². The van der Waals surface area contributed by atoms with Gasteiger partial charge >= 0.3 is 0 Å². The van der Waals surface area contributed by atoms with Crippen molar-refractivity contribution in [1.29, 1.82) is 0 Å². The molecule has 1 fully saturated rings. The number of aliphatic hydroxyl groups is 2. The van der Waals surface area contributed by atoms with Crippen molar-refractivity contribution in [3.05, 3.63) is 56.2 Å². The maximum absolute atomic E-state index is 12.8. The van der Waals surface area contributed by atoms with Gasteiger partial charge in [-0.2, -0.15) is 0 Å². The molecular weight excluding hydrogens is 433 g/mol. The van der Waals surface area contributed by atoms with Crippen molar-refractivity contribution < 1.29 is 19.8 Å². The van der Waals surface area contributed by atoms with Crippen LogP contribution in [0.15, 0.2) is 35.7 Å². The lowest BCUT2D eigenvalue weighted by Crippen LogP contribution is -2.47. The average Bonchev–Trinajstić information content (AvgIpc) is 3.37. The van der Waals surface area contributed by atoms with E-state index in [2.05, 4.69) is 0 Å². The number of carbonyl (C=O) groups excluding carboxylic acids is 2. The van der Waals surface area contributed by atoms with Crippen LogP contribution in [0.3, 0.4) is 0 Å². The van der Waals surface area contributed by atoms with E-state index in [-0.39, 0.29) is 12.5 Å². The zero-order valence-electron chi connectivity index (χ0n) is 15.8. The quantitative estimate of drug-likeness (QED) is 0.629. The largest absolute Gasteiger partial charge is 0.382 e. The van der Waals surface area contributed by atoms with Crippen LogP contribution in [0.2, 0.25) is 10.0 Å². The summed E-state index contributed by atoms with van der Waals surface area (Å²) in [6.45, 7) is 0.435. The van der Waals surface area contributed by atoms with Crippen molar-refractivity contribution in [2.45, 2.75) is 50.4 Å². The number of aryl methyl sites for hydroxylation is 1. The fraction of sp³-hybridized carbons (Fsp3) is 0.429. The molecule has 1 aromatic heterocycles. The van der Waals surface area contributed by atoms with Gasteiger partial charge in [0.2, 0.25) is 0 Å². The number of rotatable bonds is 8. The molecule has 8 heteroatoms. The van der Waals surface area contributed by atoms with Crippen LogP contribution in [0.1, 0.15) is 42.2 Å². The minimum atomic E-state index is -1.78. The normalized spacial score (nSPS) is 18.6. The molecule has 0 unspecified atom stereocenters. The van der Waals surface area contributed by atoms with Gasteiger partial charge in [0.05, 0.1) is 6.04 Å². The summed E-state index contributed by atoms with van der Waals surface area (Å²) in [7, 11) is 0. The second-order valence-electron chi connectivity index (χ2n) is 7.18. The minimum absolute atomic E-state index is 0.108. The predicted octanol–water partition coefficient (Wildman–Crippen LogP) is 4.03. The van der Waals surface area contributed by atoms with Crippen LogP contribution in [-0.2, 0) is 16.0 Å². The first kappa shape index (κ1) is 22.2. The lowest BCUT2D eigenvalue weighted by atomic mass is 10.0. The van der Waals surface area contributed by atoms with Gasteiger partial charge in [-0.1, -0.05) is 29.3 Å². The number of benzene rings is 1. The number of amides is 1. The molecule has 3 rings (SSSR count). The van der Waals surface area contributed by atoms with E-state index in [1.165, 1.54) is 4.90 Å². The van der Waals surface area contributed by atoms with Gasteiger partial charge in [-0.05, 0) is 60.9 Å². The average molecular weight is 456 g/mol. The Hall–Kier alpha value is -1.44. The third-order valence-corrected chi connectivity index (χ3v) is 6.49. The highest BCUT2D eigenvalue weighted by Gasteiger charge is 2.38. The molecule has 1 aliphatic heterocycles. The van der Waals surface area contributed by atoms with Crippen LogP contribution in [0, 0.1) is 0 Å². The monoisotopic (exact) mass is 455 g/mol. The highest BCUT2D eigenvalue weighted by Crippen LogP contribution is 2.35. The topological polar surface area (TPSA) is 77.8 Å². The van der Waals surface area contributed by atoms with Gasteiger partial charge in [-0.3, -0.25) is 9.59 Å². The van der Waals surface area contributed by atoms with E-state index in [0.717, 1.165) is 23.3 Å². The number of nitrogens with zero attached hydrogens (tertiary/aromatic N) is 1. The molecule has 29 heavy (non-hydrogen) atoms. The molecule has 0 spiro atoms. The van der Waals surface area contributed by atoms with Gasteiger partial charge in [0.25, 0.3) is 5.91 Å². The molecule has 1 amide bonds. The summed E-state index contributed by atoms with van der Waals surface area (Å²) in [6.07, 6.45) is -0.668. The van der Waals surface area contributed by atoms with Crippen LogP contribution in [0.4, 0.5) is 0 Å². The van der Waals surface area contributed by atoms with Crippen molar-refractivity contribution in [2.75, 3.05) is 6.54 Å². The van der Waals surface area contributed by atoms with Crippen molar-refractivity contribution >= 4 is 46.2 Å². The number of Topliss-reactive ketones (excluding diaryl/α,β-unsaturated/α-hetero) is 1. The summed E-state index contributed by atoms with van der Waals surface area (Å²) >= 11 is 13.8. The van der Waals surface area contributed by atoms with Crippen LogP contribution in [0.5, 0.6) is 0 Å². The third-order valence-electron chi connectivity index (χ3n) is 5.11. The van der Waals surface area contributed by atoms with Crippen LogP contribution < -0.4 is 0 Å². The van der Waals surface area contributed by atoms with Gasteiger partial charge in [0.1, 0.15) is 6.10 Å². The number of aliphatic hydroxyl groups excluding tert-OH is 2. The molecule has 2 N–H and O–H groups in total. The molecule has 1 aromatic carbocycles. The number of carbonyl (C=O) groups is 2. The van der Waals surface area contributed by atoms with Crippen molar-refractivity contribution in [3.63, 3.8) is 0 Å². The second kappa shape index (κ2) is 10.0. The fourth-order valence-electron chi connectivity index (χ4n) is 3.67. The molecule has 2 heterocycles. The van der Waals surface area contributed by atoms with E-state index in [1.807, 2.05) is 17.5 Å². The Balaban J connectivity index is 1.60. The number of halogens is 2. The molecular formula is C21H23Cl2NO4S. The Bertz CT molecular complexity index is 838. The van der Waals surface area contributed by atoms with E-state index in [4.69, 9.17) is 23.2 Å². The fourth-order valence-corrected chi connectivity index (χ4v) is 4.96. The Morgan fingerprint density at radius 1 is 1.17 bits per heavy atom. The minimum Gasteiger partial charge on any atom is -0.382 e. The van der Waals surface area contributed by atoms with Crippen LogP contribution in [0.25, 0.3) is 0 Å². The van der Waals surface area contributed by atoms with E-state index < -0.39 is 23.9 Å². The van der Waals surface area contributed by atoms with Gasteiger partial charge in [-0.25, -0.2) is 0 Å². The maximum atomic E-state index is 12.8. The van der Waals surface area contributed by atoms with Crippen LogP contribution >= 0.6 is 34.5 Å². The Labute approximate surface area is 183 Å². The molecule has 3 atom stereocenters. The summed E-state index contributed by atoms with van der Waals surface area (Å²) < 4.78 is 0. The number of ketones is 1. The van der Waals surface area contributed by atoms with Gasteiger partial charge in [0, 0.05) is 27.9 Å². The highest BCUT2D eigenvalue weighted by molar-refractivity contribution is 7.09. The molecule has 156 valence electrons. The van der Waals surface area contributed by atoms with E-state index in [0.29, 0.717) is 29.4 Å². The van der Waals surface area contributed by atoms with E-state index in [1.54, 1.807) is 29.5 Å². The summed E-state index contributed by atoms with van der Waals surface area (Å²) in [6, 6.07) is 8.72. The zero-order valence-corrected chi connectivity index (χ0v) is 18.1. The summed E-state index contributed by atoms with van der Waals surface area (Å²) in [5.74, 6) is -1.17. The van der Waals surface area contributed by atoms with E-state index in [9.17, 15) is 19.8 Å². The second-order valence-corrected chi connectivity index (χ2v) is 9.09. The molecule has 1 saturated heterocycles. The number of hydrogen-bond donors (Lipinski definition) is 2. The SMILES string of the molecule is O=C(CCCc1cccs1)[C@H](O)[C@@H](O)C(=O)N1CCC[C@@H]1c1cc(Cl)cc(Cl)c1. The number of thiophene rings is 1. The molecule has 0 aliphatic carbocycles. The molecule has 0 radical (unpaired) electrons. The molecule has 0 bridgehead atoms. The van der Waals surface area contributed by atoms with Gasteiger partial charge in [-0.15, -0.1) is 11.3 Å². The zero-order chi connectivity index (χ0) is 21.0. The summed E-state index contributed by atoms with van der Waals surface area (Å²) in [5, 5.41) is 23.5. The number of likely N-dealkylation sites (tertiary alicyclic amines) is 1. The maximum Gasteiger partial charge on any atom is 0.255 e. The first-order valence-electron chi connectivity index (χ1n) is 9.54. The smallest absolute Gasteiger partial charge is 0.255 e. The molecule has 2 aromatic rings. The van der Waals surface area contributed by atoms with Gasteiger partial charge < -0.3 is 15.1 Å². The number of hydrogen-bond acceptors (Lipinski definition) is 5. The highest BCUT2D eigenvalue weighted by atomic mass is 35.5. The van der Waals surface area contributed by atoms with Crippen LogP contribution in [-0.4, -0.2) is 45.6 Å². The molecule has 5 nitrogen and oxygen atoms in total. The van der Waals surface area contributed by atoms with E-state index >= 15 is 0 Å². The van der Waals surface area contributed by atoms with Crippen molar-refractivity contribution in [1.82, 2.24) is 4.90 Å². The lowest BCUT2D eigenvalue weighted by Gasteiger charge is -2.29. The third kappa shape index (κ3) is 5.58. The van der Waals surface area contributed by atoms with Crippen molar-refractivity contribution in [2.24, 2.45) is 0 Å². The Morgan fingerprint density at radius 3 is 2.55 bits per heavy atom. The first-order chi connectivity index (χ1) is 13.9. The first-order valence-corrected chi connectivity index (χ1v) is 11.2. The predicted molar refractivity (Wildman–Crippen MR) is 114 cm³/mol. The summed E-state index contributed by atoms with van der Waals surface area (Å²) in [5.41, 5.74) is 0.775. The standard InChI is InChI=1S/C21H23Cl2NO4S/c22-14-10-13(11-15(23)12-14)17-6-2-8-24(17)21(28)20(27)19(26)18(25)7-1-4-16-5-3-9-29-16/h3,5,9-12,17,19-20,26-27H,1-2,4,6-8H2/t17-,19+,20-/m1/s1. The van der Waals surface area contributed by atoms with Crippen molar-refractivity contribution in [3.8, 4) is 0 Å². The Morgan fingerprint density at radius 2 is 1.90 bits per heavy atom. The Kier molecular flexibility index (Phi) is 7.71. The lowest BCUT2D eigenvalue weighted by molar-refractivity contribution is -0.153. The summed E-state index contributed by atoms with van der Waals surface area (Å²) in [4.78, 5) is 27.7. The molecule has 1 aliphatic rings. The molecule has 0 saturated carbocycles.